The van der Waals surface area contributed by atoms with Gasteiger partial charge in [0, 0.05) is 24.8 Å². The van der Waals surface area contributed by atoms with E-state index in [1.54, 1.807) is 6.26 Å². The van der Waals surface area contributed by atoms with E-state index in [4.69, 9.17) is 4.42 Å². The van der Waals surface area contributed by atoms with Gasteiger partial charge in [0.1, 0.15) is 5.76 Å². The lowest BCUT2D eigenvalue weighted by molar-refractivity contribution is -0.135. The maximum absolute atomic E-state index is 12.4. The first-order chi connectivity index (χ1) is 9.34. The fraction of sp³-hybridized carbons (Fsp3) is 0.667. The molecule has 1 amide bonds. The monoisotopic (exact) mass is 279 g/mol. The molecule has 0 N–H and O–H groups in total. The van der Waals surface area contributed by atoms with Crippen molar-refractivity contribution in [2.24, 2.45) is 5.92 Å². The zero-order valence-corrected chi connectivity index (χ0v) is 12.0. The van der Waals surface area contributed by atoms with Crippen molar-refractivity contribution in [3.8, 4) is 0 Å². The van der Waals surface area contributed by atoms with Gasteiger partial charge in [0.2, 0.25) is 5.91 Å². The summed E-state index contributed by atoms with van der Waals surface area (Å²) in [6.07, 6.45) is 7.41. The third kappa shape index (κ3) is 2.99. The summed E-state index contributed by atoms with van der Waals surface area (Å²) in [6.45, 7) is 1.78. The van der Waals surface area contributed by atoms with Crippen LogP contribution in [0.2, 0.25) is 0 Å². The zero-order chi connectivity index (χ0) is 13.1. The molecule has 19 heavy (non-hydrogen) atoms. The SMILES string of the molecule is O=C(C1CCCC1)N1CCSC(c2ccco2)CC1. The maximum Gasteiger partial charge on any atom is 0.225 e. The quantitative estimate of drug-likeness (QED) is 0.831. The number of hydrogen-bond acceptors (Lipinski definition) is 3. The van der Waals surface area contributed by atoms with Gasteiger partial charge >= 0.3 is 0 Å². The van der Waals surface area contributed by atoms with E-state index in [0.29, 0.717) is 17.1 Å². The van der Waals surface area contributed by atoms with Crippen LogP contribution in [0.4, 0.5) is 0 Å². The average Bonchev–Trinajstić information content (AvgIpc) is 3.08. The predicted octanol–water partition coefficient (Wildman–Crippen LogP) is 3.48. The van der Waals surface area contributed by atoms with Gasteiger partial charge in [-0.25, -0.2) is 0 Å². The molecule has 104 valence electrons. The van der Waals surface area contributed by atoms with E-state index in [9.17, 15) is 4.79 Å². The molecule has 1 aromatic heterocycles. The van der Waals surface area contributed by atoms with Gasteiger partial charge in [-0.2, -0.15) is 0 Å². The summed E-state index contributed by atoms with van der Waals surface area (Å²) in [4.78, 5) is 14.5. The lowest BCUT2D eigenvalue weighted by Crippen LogP contribution is -2.36. The molecule has 1 unspecified atom stereocenters. The minimum Gasteiger partial charge on any atom is -0.468 e. The highest BCUT2D eigenvalue weighted by Gasteiger charge is 2.29. The van der Waals surface area contributed by atoms with E-state index in [-0.39, 0.29) is 0 Å². The number of thioether (sulfide) groups is 1. The molecule has 0 bridgehead atoms. The van der Waals surface area contributed by atoms with Crippen LogP contribution in [0.15, 0.2) is 22.8 Å². The topological polar surface area (TPSA) is 33.5 Å². The smallest absolute Gasteiger partial charge is 0.225 e. The number of hydrogen-bond donors (Lipinski definition) is 0. The van der Waals surface area contributed by atoms with Gasteiger partial charge in [-0.3, -0.25) is 4.79 Å². The van der Waals surface area contributed by atoms with E-state index < -0.39 is 0 Å². The van der Waals surface area contributed by atoms with Gasteiger partial charge in [-0.05, 0) is 31.4 Å². The second-order valence-electron chi connectivity index (χ2n) is 5.47. The minimum absolute atomic E-state index is 0.310. The highest BCUT2D eigenvalue weighted by molar-refractivity contribution is 7.99. The standard InChI is InChI=1S/C15H21NO2S/c17-15(12-4-1-2-5-12)16-8-7-14(19-11-9-16)13-6-3-10-18-13/h3,6,10,12,14H,1-2,4-5,7-9,11H2. The van der Waals surface area contributed by atoms with Crippen molar-refractivity contribution in [1.29, 1.82) is 0 Å². The number of rotatable bonds is 2. The molecule has 1 saturated carbocycles. The fourth-order valence-electron chi connectivity index (χ4n) is 3.12. The average molecular weight is 279 g/mol. The highest BCUT2D eigenvalue weighted by Crippen LogP contribution is 2.35. The van der Waals surface area contributed by atoms with Crippen LogP contribution in [0, 0.1) is 5.92 Å². The Bertz CT molecular complexity index is 412. The first kappa shape index (κ1) is 13.1. The third-order valence-corrected chi connectivity index (χ3v) is 5.51. The highest BCUT2D eigenvalue weighted by atomic mass is 32.2. The van der Waals surface area contributed by atoms with Crippen LogP contribution < -0.4 is 0 Å². The van der Waals surface area contributed by atoms with Gasteiger partial charge < -0.3 is 9.32 Å². The van der Waals surface area contributed by atoms with E-state index >= 15 is 0 Å². The fourth-order valence-corrected chi connectivity index (χ4v) is 4.30. The minimum atomic E-state index is 0.310. The molecule has 1 saturated heterocycles. The van der Waals surface area contributed by atoms with Crippen molar-refractivity contribution >= 4 is 17.7 Å². The van der Waals surface area contributed by atoms with Crippen LogP contribution in [-0.2, 0) is 4.79 Å². The van der Waals surface area contributed by atoms with E-state index in [0.717, 1.165) is 43.9 Å². The lowest BCUT2D eigenvalue weighted by atomic mass is 10.1. The molecule has 2 heterocycles. The summed E-state index contributed by atoms with van der Waals surface area (Å²) in [6, 6.07) is 3.99. The first-order valence-corrected chi connectivity index (χ1v) is 8.33. The van der Waals surface area contributed by atoms with Crippen molar-refractivity contribution in [3.05, 3.63) is 24.2 Å². The summed E-state index contributed by atoms with van der Waals surface area (Å²) in [5.41, 5.74) is 0. The molecule has 3 nitrogen and oxygen atoms in total. The molecule has 2 fully saturated rings. The molecular formula is C15H21NO2S. The zero-order valence-electron chi connectivity index (χ0n) is 11.2. The van der Waals surface area contributed by atoms with Crippen LogP contribution in [0.3, 0.4) is 0 Å². The lowest BCUT2D eigenvalue weighted by Gasteiger charge is -2.23. The van der Waals surface area contributed by atoms with Crippen LogP contribution in [-0.4, -0.2) is 29.6 Å². The Kier molecular flexibility index (Phi) is 4.16. The van der Waals surface area contributed by atoms with Crippen molar-refractivity contribution < 1.29 is 9.21 Å². The van der Waals surface area contributed by atoms with Crippen molar-refractivity contribution in [1.82, 2.24) is 4.90 Å². The molecule has 1 aliphatic carbocycles. The maximum atomic E-state index is 12.4. The largest absolute Gasteiger partial charge is 0.468 e. The second-order valence-corrected chi connectivity index (χ2v) is 6.78. The second kappa shape index (κ2) is 6.04. The van der Waals surface area contributed by atoms with Crippen molar-refractivity contribution in [2.45, 2.75) is 37.4 Å². The molecule has 2 aliphatic rings. The molecule has 1 atom stereocenters. The van der Waals surface area contributed by atoms with Crippen molar-refractivity contribution in [2.75, 3.05) is 18.8 Å². The number of amides is 1. The van der Waals surface area contributed by atoms with Gasteiger partial charge in [0.05, 0.1) is 11.5 Å². The van der Waals surface area contributed by atoms with E-state index in [1.807, 2.05) is 23.9 Å². The Labute approximate surface area is 118 Å². The third-order valence-electron chi connectivity index (χ3n) is 4.22. The van der Waals surface area contributed by atoms with Crippen molar-refractivity contribution in [3.63, 3.8) is 0 Å². The number of carbonyl (C=O) groups excluding carboxylic acids is 1. The summed E-state index contributed by atoms with van der Waals surface area (Å²) in [5, 5.41) is 0.413. The van der Waals surface area contributed by atoms with Crippen LogP contribution in [0.5, 0.6) is 0 Å². The molecule has 0 spiro atoms. The Morgan fingerprint density at radius 1 is 1.26 bits per heavy atom. The Hall–Kier alpha value is -0.900. The molecule has 0 aromatic carbocycles. The van der Waals surface area contributed by atoms with Gasteiger partial charge in [0.15, 0.2) is 0 Å². The normalized spacial score (nSPS) is 25.5. The molecule has 1 aliphatic heterocycles. The van der Waals surface area contributed by atoms with Gasteiger partial charge in [0.25, 0.3) is 0 Å². The molecule has 3 rings (SSSR count). The summed E-state index contributed by atoms with van der Waals surface area (Å²) >= 11 is 1.92. The summed E-state index contributed by atoms with van der Waals surface area (Å²) in [7, 11) is 0. The van der Waals surface area contributed by atoms with E-state index in [2.05, 4.69) is 4.90 Å². The van der Waals surface area contributed by atoms with Crippen LogP contribution in [0.25, 0.3) is 0 Å². The predicted molar refractivity (Wildman–Crippen MR) is 77.1 cm³/mol. The van der Waals surface area contributed by atoms with Crippen LogP contribution in [0.1, 0.15) is 43.1 Å². The molecule has 1 aromatic rings. The van der Waals surface area contributed by atoms with Gasteiger partial charge in [-0.1, -0.05) is 12.8 Å². The summed E-state index contributed by atoms with van der Waals surface area (Å²) < 4.78 is 5.50. The first-order valence-electron chi connectivity index (χ1n) is 7.28. The Morgan fingerprint density at radius 2 is 2.11 bits per heavy atom. The number of nitrogens with zero attached hydrogens (tertiary/aromatic N) is 1. The summed E-state index contributed by atoms with van der Waals surface area (Å²) in [5.74, 6) is 2.78. The molecule has 4 heteroatoms. The molecule has 0 radical (unpaired) electrons. The van der Waals surface area contributed by atoms with Gasteiger partial charge in [-0.15, -0.1) is 11.8 Å². The number of carbonyl (C=O) groups is 1. The Morgan fingerprint density at radius 3 is 2.84 bits per heavy atom. The molecular weight excluding hydrogens is 258 g/mol. The Balaban J connectivity index is 1.59. The number of furan rings is 1. The van der Waals surface area contributed by atoms with Crippen LogP contribution >= 0.6 is 11.8 Å². The van der Waals surface area contributed by atoms with E-state index in [1.165, 1.54) is 12.8 Å².